The van der Waals surface area contributed by atoms with Crippen LogP contribution in [0, 0.1) is 0 Å². The molecule has 2 rings (SSSR count). The zero-order valence-electron chi connectivity index (χ0n) is 25.6. The molecular formula is C34H55KO3S. The Balaban J connectivity index is 0.00000760. The molecule has 0 aliphatic heterocycles. The molecule has 0 bridgehead atoms. The van der Waals surface area contributed by atoms with Gasteiger partial charge >= 0.3 is 51.4 Å². The number of hydrogen-bond donors (Lipinski definition) is 0. The Hall–Kier alpha value is 0.246. The minimum Gasteiger partial charge on any atom is -0.744 e. The van der Waals surface area contributed by atoms with Crippen LogP contribution >= 0.6 is 0 Å². The van der Waals surface area contributed by atoms with E-state index in [9.17, 15) is 13.0 Å². The first-order chi connectivity index (χ1) is 18.5. The van der Waals surface area contributed by atoms with E-state index in [4.69, 9.17) is 0 Å². The molecule has 0 unspecified atom stereocenters. The van der Waals surface area contributed by atoms with E-state index in [1.165, 1.54) is 133 Å². The van der Waals surface area contributed by atoms with Gasteiger partial charge in [0.2, 0.25) is 0 Å². The molecule has 0 aliphatic carbocycles. The van der Waals surface area contributed by atoms with Crippen molar-refractivity contribution in [3.05, 3.63) is 41.5 Å². The second-order valence-corrected chi connectivity index (χ2v) is 12.8. The van der Waals surface area contributed by atoms with Crippen molar-refractivity contribution in [1.29, 1.82) is 0 Å². The van der Waals surface area contributed by atoms with Crippen LogP contribution < -0.4 is 51.4 Å². The summed E-state index contributed by atoms with van der Waals surface area (Å²) < 4.78 is 35.2. The van der Waals surface area contributed by atoms with Gasteiger partial charge in [0, 0.05) is 0 Å². The van der Waals surface area contributed by atoms with E-state index in [0.717, 1.165) is 36.5 Å². The van der Waals surface area contributed by atoms with Gasteiger partial charge in [-0.1, -0.05) is 148 Å². The van der Waals surface area contributed by atoms with Gasteiger partial charge in [0.05, 0.1) is 4.90 Å². The zero-order valence-corrected chi connectivity index (χ0v) is 29.5. The van der Waals surface area contributed by atoms with Crippen LogP contribution in [0.5, 0.6) is 0 Å². The average molecular weight is 583 g/mol. The van der Waals surface area contributed by atoms with E-state index < -0.39 is 10.1 Å². The van der Waals surface area contributed by atoms with Crippen LogP contribution in [-0.2, 0) is 23.0 Å². The summed E-state index contributed by atoms with van der Waals surface area (Å²) >= 11 is 0. The van der Waals surface area contributed by atoms with E-state index in [-0.39, 0.29) is 56.3 Å². The molecule has 0 aromatic heterocycles. The van der Waals surface area contributed by atoms with Gasteiger partial charge in [0.15, 0.2) is 0 Å². The van der Waals surface area contributed by atoms with E-state index in [1.54, 1.807) is 6.07 Å². The van der Waals surface area contributed by atoms with Gasteiger partial charge < -0.3 is 4.55 Å². The first kappa shape index (κ1) is 37.3. The van der Waals surface area contributed by atoms with Crippen LogP contribution in [0.4, 0.5) is 0 Å². The van der Waals surface area contributed by atoms with E-state index in [2.05, 4.69) is 26.0 Å². The number of hydrogen-bond acceptors (Lipinski definition) is 3. The smallest absolute Gasteiger partial charge is 0.744 e. The maximum Gasteiger partial charge on any atom is 1.00 e. The van der Waals surface area contributed by atoms with Crippen LogP contribution in [0.15, 0.2) is 35.2 Å². The zero-order chi connectivity index (χ0) is 27.5. The van der Waals surface area contributed by atoms with Gasteiger partial charge in [-0.05, 0) is 59.7 Å². The van der Waals surface area contributed by atoms with Crippen molar-refractivity contribution >= 4 is 20.9 Å². The minimum atomic E-state index is -4.46. The molecule has 0 radical (unpaired) electrons. The monoisotopic (exact) mass is 582 g/mol. The second kappa shape index (κ2) is 22.8. The van der Waals surface area contributed by atoms with Crippen molar-refractivity contribution in [2.45, 2.75) is 160 Å². The normalized spacial score (nSPS) is 11.7. The third kappa shape index (κ3) is 15.9. The summed E-state index contributed by atoms with van der Waals surface area (Å²) in [7, 11) is -4.46. The minimum absolute atomic E-state index is 0. The standard InChI is InChI=1S/C34H56O3S.K/c1-3-5-7-9-11-13-15-17-19-21-23-30-25-26-31(24-22-20-18-16-14-12-10-8-6-4-2)34-29-32(38(35,36)37)27-28-33(30)34;/h25-29H,3-24H2,1-2H3,(H,35,36,37);/q;+1/p-1. The molecule has 216 valence electrons. The third-order valence-electron chi connectivity index (χ3n) is 8.06. The first-order valence-corrected chi connectivity index (χ1v) is 17.4. The van der Waals surface area contributed by atoms with Gasteiger partial charge in [-0.3, -0.25) is 0 Å². The van der Waals surface area contributed by atoms with Crippen molar-refractivity contribution < 1.29 is 64.4 Å². The predicted molar refractivity (Wildman–Crippen MR) is 163 cm³/mol. The molecule has 0 fully saturated rings. The van der Waals surface area contributed by atoms with Crippen LogP contribution in [0.2, 0.25) is 0 Å². The summed E-state index contributed by atoms with van der Waals surface area (Å²) in [5, 5.41) is 2.08. The van der Waals surface area contributed by atoms with E-state index in [0.29, 0.717) is 0 Å². The second-order valence-electron chi connectivity index (χ2n) is 11.4. The van der Waals surface area contributed by atoms with Crippen LogP contribution in [0.1, 0.15) is 153 Å². The molecule has 0 spiro atoms. The molecule has 0 N–H and O–H groups in total. The third-order valence-corrected chi connectivity index (χ3v) is 8.89. The number of unbranched alkanes of at least 4 members (excludes halogenated alkanes) is 18. The van der Waals surface area contributed by atoms with E-state index in [1.807, 2.05) is 6.07 Å². The summed E-state index contributed by atoms with van der Waals surface area (Å²) in [4.78, 5) is -0.106. The fraction of sp³-hybridized carbons (Fsp3) is 0.706. The van der Waals surface area contributed by atoms with Gasteiger partial charge in [0.25, 0.3) is 0 Å². The number of rotatable bonds is 23. The largest absolute Gasteiger partial charge is 1.00 e. The molecule has 0 saturated carbocycles. The van der Waals surface area contributed by atoms with Crippen molar-refractivity contribution in [2.24, 2.45) is 0 Å². The first-order valence-electron chi connectivity index (χ1n) is 16.0. The fourth-order valence-electron chi connectivity index (χ4n) is 5.65. The molecule has 0 saturated heterocycles. The molecule has 0 aliphatic rings. The van der Waals surface area contributed by atoms with Crippen molar-refractivity contribution in [3.8, 4) is 0 Å². The molecule has 3 nitrogen and oxygen atoms in total. The summed E-state index contributed by atoms with van der Waals surface area (Å²) in [6, 6.07) is 9.42. The molecular weight excluding hydrogens is 528 g/mol. The maximum atomic E-state index is 11.7. The van der Waals surface area contributed by atoms with Crippen molar-refractivity contribution in [3.63, 3.8) is 0 Å². The Morgan fingerprint density at radius 2 is 0.872 bits per heavy atom. The predicted octanol–water partition coefficient (Wildman–Crippen LogP) is 7.67. The number of benzene rings is 2. The Morgan fingerprint density at radius 1 is 0.513 bits per heavy atom. The van der Waals surface area contributed by atoms with Gasteiger partial charge in [-0.2, -0.15) is 0 Å². The summed E-state index contributed by atoms with van der Waals surface area (Å²) in [5.41, 5.74) is 2.46. The van der Waals surface area contributed by atoms with Gasteiger partial charge in [-0.15, -0.1) is 0 Å². The van der Waals surface area contributed by atoms with Crippen LogP contribution in [0.3, 0.4) is 0 Å². The van der Waals surface area contributed by atoms with Crippen LogP contribution in [-0.4, -0.2) is 13.0 Å². The Kier molecular flexibility index (Phi) is 21.8. The maximum absolute atomic E-state index is 11.7. The topological polar surface area (TPSA) is 57.2 Å². The van der Waals surface area contributed by atoms with Crippen molar-refractivity contribution in [2.75, 3.05) is 0 Å². The fourth-order valence-corrected chi connectivity index (χ4v) is 6.14. The van der Waals surface area contributed by atoms with Gasteiger partial charge in [0.1, 0.15) is 10.1 Å². The molecule has 0 amide bonds. The summed E-state index contributed by atoms with van der Waals surface area (Å²) in [5.74, 6) is 0. The Labute approximate surface area is 283 Å². The molecule has 0 atom stereocenters. The quantitative estimate of drug-likeness (QED) is 0.0767. The SMILES string of the molecule is CCCCCCCCCCCCc1ccc(CCCCCCCCCCCC)c2cc(S(=O)(=O)[O-])ccc12.[K+]. The Morgan fingerprint density at radius 3 is 1.26 bits per heavy atom. The summed E-state index contributed by atoms with van der Waals surface area (Å²) in [6.07, 6.45) is 28.1. The van der Waals surface area contributed by atoms with Crippen molar-refractivity contribution in [1.82, 2.24) is 0 Å². The number of aryl methyl sites for hydroxylation is 2. The Bertz CT molecular complexity index is 1000. The average Bonchev–Trinajstić information content (AvgIpc) is 2.90. The molecule has 39 heavy (non-hydrogen) atoms. The molecule has 2 aromatic carbocycles. The van der Waals surface area contributed by atoms with Gasteiger partial charge in [-0.25, -0.2) is 8.42 Å². The van der Waals surface area contributed by atoms with E-state index >= 15 is 0 Å². The molecule has 0 heterocycles. The number of fused-ring (bicyclic) bond motifs is 1. The molecule has 5 heteroatoms. The summed E-state index contributed by atoms with van der Waals surface area (Å²) in [6.45, 7) is 4.52. The van der Waals surface area contributed by atoms with Crippen LogP contribution in [0.25, 0.3) is 10.8 Å². The molecule has 2 aromatic rings.